The van der Waals surface area contributed by atoms with Gasteiger partial charge in [0.2, 0.25) is 5.91 Å². The van der Waals surface area contributed by atoms with Gasteiger partial charge < -0.3 is 20.3 Å². The van der Waals surface area contributed by atoms with E-state index in [9.17, 15) is 9.59 Å². The summed E-state index contributed by atoms with van der Waals surface area (Å²) in [5, 5.41) is 5.22. The van der Waals surface area contributed by atoms with Crippen molar-refractivity contribution in [2.45, 2.75) is 6.92 Å². The average Bonchev–Trinajstić information content (AvgIpc) is 2.46. The van der Waals surface area contributed by atoms with E-state index in [0.29, 0.717) is 26.2 Å². The van der Waals surface area contributed by atoms with Gasteiger partial charge in [-0.15, -0.1) is 0 Å². The van der Waals surface area contributed by atoms with Crippen molar-refractivity contribution in [2.24, 2.45) is 0 Å². The van der Waals surface area contributed by atoms with Crippen LogP contribution in [0.3, 0.4) is 0 Å². The molecule has 0 bridgehead atoms. The minimum Gasteiger partial charge on any atom is -0.488 e. The Kier molecular flexibility index (Phi) is 7.89. The number of carbonyl (C=O) groups is 2. The molecule has 0 spiro atoms. The molecular formula is C15H24N3O3+. The second-order valence-corrected chi connectivity index (χ2v) is 4.78. The van der Waals surface area contributed by atoms with Crippen LogP contribution in [0.15, 0.2) is 30.3 Å². The van der Waals surface area contributed by atoms with Gasteiger partial charge in [-0.3, -0.25) is 9.59 Å². The minimum atomic E-state index is -0.170. The van der Waals surface area contributed by atoms with Gasteiger partial charge >= 0.3 is 0 Å². The molecule has 1 aromatic carbocycles. The largest absolute Gasteiger partial charge is 0.488 e. The predicted octanol–water partition coefficient (Wildman–Crippen LogP) is -1.17. The van der Waals surface area contributed by atoms with E-state index in [2.05, 4.69) is 10.6 Å². The molecule has 2 amide bonds. The summed E-state index contributed by atoms with van der Waals surface area (Å²) in [6.45, 7) is 4.00. The van der Waals surface area contributed by atoms with Crippen LogP contribution in [-0.2, 0) is 9.59 Å². The fourth-order valence-corrected chi connectivity index (χ4v) is 1.72. The number of quaternary nitrogens is 1. The summed E-state index contributed by atoms with van der Waals surface area (Å²) in [4.78, 5) is 23.9. The highest BCUT2D eigenvalue weighted by Gasteiger charge is 2.10. The van der Waals surface area contributed by atoms with Crippen LogP contribution in [0, 0.1) is 0 Å². The summed E-state index contributed by atoms with van der Waals surface area (Å²) < 4.78 is 5.57. The highest BCUT2D eigenvalue weighted by Crippen LogP contribution is 2.06. The molecule has 6 nitrogen and oxygen atoms in total. The third kappa shape index (κ3) is 7.94. The maximum Gasteiger partial charge on any atom is 0.275 e. The summed E-state index contributed by atoms with van der Waals surface area (Å²) >= 11 is 0. The molecule has 0 aliphatic heterocycles. The third-order valence-electron chi connectivity index (χ3n) is 2.82. The summed E-state index contributed by atoms with van der Waals surface area (Å²) in [5.41, 5.74) is 0. The quantitative estimate of drug-likeness (QED) is 0.537. The Bertz CT molecular complexity index is 437. The number of para-hydroxylation sites is 1. The molecule has 1 unspecified atom stereocenters. The van der Waals surface area contributed by atoms with Crippen molar-refractivity contribution < 1.29 is 19.2 Å². The van der Waals surface area contributed by atoms with Gasteiger partial charge in [-0.25, -0.2) is 0 Å². The summed E-state index contributed by atoms with van der Waals surface area (Å²) in [6, 6.07) is 9.56. The zero-order valence-electron chi connectivity index (χ0n) is 12.6. The highest BCUT2D eigenvalue weighted by molar-refractivity contribution is 5.84. The van der Waals surface area contributed by atoms with Crippen molar-refractivity contribution in [3.05, 3.63) is 30.3 Å². The van der Waals surface area contributed by atoms with Gasteiger partial charge in [0.05, 0.1) is 13.6 Å². The molecule has 3 N–H and O–H groups in total. The molecule has 21 heavy (non-hydrogen) atoms. The summed E-state index contributed by atoms with van der Waals surface area (Å²) in [7, 11) is 1.92. The van der Waals surface area contributed by atoms with Crippen LogP contribution in [0.2, 0.25) is 0 Å². The standard InChI is InChI=1S/C15H23N3O3/c1-3-16-14(19)11-17-15(20)12-18(2)9-10-21-13-7-5-4-6-8-13/h4-8H,3,9-12H2,1-2H3,(H,16,19)(H,17,20)/p+1. The Balaban J connectivity index is 2.13. The fourth-order valence-electron chi connectivity index (χ4n) is 1.72. The summed E-state index contributed by atoms with van der Waals surface area (Å²) in [5.74, 6) is 0.514. The van der Waals surface area contributed by atoms with Crippen LogP contribution in [0.1, 0.15) is 6.92 Å². The lowest BCUT2D eigenvalue weighted by Crippen LogP contribution is -3.10. The maximum atomic E-state index is 11.6. The van der Waals surface area contributed by atoms with E-state index in [1.165, 1.54) is 0 Å². The van der Waals surface area contributed by atoms with Crippen LogP contribution >= 0.6 is 0 Å². The zero-order chi connectivity index (χ0) is 15.5. The average molecular weight is 294 g/mol. The van der Waals surface area contributed by atoms with Gasteiger partial charge in [0, 0.05) is 6.54 Å². The lowest BCUT2D eigenvalue weighted by atomic mass is 10.3. The van der Waals surface area contributed by atoms with Crippen LogP contribution in [-0.4, -0.2) is 51.6 Å². The molecule has 1 atom stereocenters. The monoisotopic (exact) mass is 294 g/mol. The second kappa shape index (κ2) is 9.77. The van der Waals surface area contributed by atoms with Gasteiger partial charge in [0.15, 0.2) is 6.54 Å². The first kappa shape index (κ1) is 17.0. The zero-order valence-corrected chi connectivity index (χ0v) is 12.6. The number of likely N-dealkylation sites (N-methyl/N-ethyl adjacent to an activating group) is 2. The molecule has 1 aromatic rings. The number of ether oxygens (including phenoxy) is 1. The number of carbonyl (C=O) groups excluding carboxylic acids is 2. The predicted molar refractivity (Wildman–Crippen MR) is 80.3 cm³/mol. The van der Waals surface area contributed by atoms with Crippen LogP contribution in [0.25, 0.3) is 0 Å². The van der Waals surface area contributed by atoms with Crippen molar-refractivity contribution in [1.82, 2.24) is 10.6 Å². The number of hydrogen-bond acceptors (Lipinski definition) is 3. The van der Waals surface area contributed by atoms with Crippen LogP contribution in [0.5, 0.6) is 5.75 Å². The molecule has 0 aliphatic carbocycles. The normalized spacial score (nSPS) is 11.5. The van der Waals surface area contributed by atoms with Crippen molar-refractivity contribution in [1.29, 1.82) is 0 Å². The molecule has 0 fully saturated rings. The molecule has 0 saturated carbocycles. The van der Waals surface area contributed by atoms with Gasteiger partial charge in [-0.2, -0.15) is 0 Å². The van der Waals surface area contributed by atoms with Crippen molar-refractivity contribution in [3.8, 4) is 5.75 Å². The number of nitrogens with one attached hydrogen (secondary N) is 3. The number of amides is 2. The Morgan fingerprint density at radius 2 is 1.86 bits per heavy atom. The third-order valence-corrected chi connectivity index (χ3v) is 2.82. The Morgan fingerprint density at radius 1 is 1.14 bits per heavy atom. The Labute approximate surface area is 125 Å². The lowest BCUT2D eigenvalue weighted by Gasteiger charge is -2.14. The molecule has 1 rings (SSSR count). The number of benzene rings is 1. The Morgan fingerprint density at radius 3 is 2.52 bits per heavy atom. The maximum absolute atomic E-state index is 11.6. The first-order valence-corrected chi connectivity index (χ1v) is 7.14. The number of hydrogen-bond donors (Lipinski definition) is 3. The fraction of sp³-hybridized carbons (Fsp3) is 0.467. The summed E-state index contributed by atoms with van der Waals surface area (Å²) in [6.07, 6.45) is 0. The van der Waals surface area contributed by atoms with Gasteiger partial charge in [-0.1, -0.05) is 18.2 Å². The molecule has 0 radical (unpaired) electrons. The van der Waals surface area contributed by atoms with Crippen molar-refractivity contribution in [3.63, 3.8) is 0 Å². The lowest BCUT2D eigenvalue weighted by molar-refractivity contribution is -0.871. The first-order chi connectivity index (χ1) is 10.1. The molecule has 0 aliphatic rings. The molecule has 0 heterocycles. The van der Waals surface area contributed by atoms with Crippen LogP contribution in [0.4, 0.5) is 0 Å². The number of rotatable bonds is 9. The van der Waals surface area contributed by atoms with E-state index in [4.69, 9.17) is 4.74 Å². The van der Waals surface area contributed by atoms with Crippen LogP contribution < -0.4 is 20.3 Å². The molecule has 0 aromatic heterocycles. The topological polar surface area (TPSA) is 71.9 Å². The molecule has 116 valence electrons. The highest BCUT2D eigenvalue weighted by atomic mass is 16.5. The first-order valence-electron chi connectivity index (χ1n) is 7.14. The molecule has 0 saturated heterocycles. The SMILES string of the molecule is CCNC(=O)CNC(=O)C[NH+](C)CCOc1ccccc1. The van der Waals surface area contributed by atoms with Gasteiger partial charge in [-0.05, 0) is 19.1 Å². The molecule has 6 heteroatoms. The van der Waals surface area contributed by atoms with E-state index in [0.717, 1.165) is 10.6 Å². The van der Waals surface area contributed by atoms with Gasteiger partial charge in [0.25, 0.3) is 5.91 Å². The Hall–Kier alpha value is -2.08. The minimum absolute atomic E-state index is 0.0282. The van der Waals surface area contributed by atoms with Crippen molar-refractivity contribution >= 4 is 11.8 Å². The van der Waals surface area contributed by atoms with E-state index < -0.39 is 0 Å². The van der Waals surface area contributed by atoms with Gasteiger partial charge in [0.1, 0.15) is 18.9 Å². The van der Waals surface area contributed by atoms with E-state index in [-0.39, 0.29) is 18.4 Å². The van der Waals surface area contributed by atoms with E-state index in [1.54, 1.807) is 0 Å². The van der Waals surface area contributed by atoms with Crippen molar-refractivity contribution in [2.75, 3.05) is 39.8 Å². The smallest absolute Gasteiger partial charge is 0.275 e. The van der Waals surface area contributed by atoms with E-state index >= 15 is 0 Å². The van der Waals surface area contributed by atoms with E-state index in [1.807, 2.05) is 44.3 Å². The second-order valence-electron chi connectivity index (χ2n) is 4.78. The molecular weight excluding hydrogens is 270 g/mol.